The first-order chi connectivity index (χ1) is 14.5. The van der Waals surface area contributed by atoms with Gasteiger partial charge in [-0.3, -0.25) is 4.99 Å². The van der Waals surface area contributed by atoms with Crippen molar-refractivity contribution in [3.63, 3.8) is 0 Å². The van der Waals surface area contributed by atoms with Gasteiger partial charge < -0.3 is 20.4 Å². The van der Waals surface area contributed by atoms with E-state index >= 15 is 0 Å². The number of aliphatic imine (C=N–C) groups is 1. The quantitative estimate of drug-likeness (QED) is 0.208. The molecule has 152 valence electrons. The molecule has 0 aliphatic heterocycles. The van der Waals surface area contributed by atoms with Crippen molar-refractivity contribution in [2.45, 2.75) is 13.3 Å². The third-order valence-corrected chi connectivity index (χ3v) is 5.25. The zero-order valence-corrected chi connectivity index (χ0v) is 16.4. The van der Waals surface area contributed by atoms with E-state index in [1.54, 1.807) is 19.1 Å². The molecule has 0 aliphatic rings. The highest BCUT2D eigenvalue weighted by Crippen LogP contribution is 2.41. The van der Waals surface area contributed by atoms with Gasteiger partial charge in [0.1, 0.15) is 11.6 Å². The van der Waals surface area contributed by atoms with Crippen molar-refractivity contribution in [1.29, 1.82) is 0 Å². The van der Waals surface area contributed by atoms with Crippen molar-refractivity contribution < 1.29 is 13.5 Å². The minimum absolute atomic E-state index is 0.314. The van der Waals surface area contributed by atoms with Crippen LogP contribution in [0.25, 0.3) is 43.6 Å². The Morgan fingerprint density at radius 3 is 2.00 bits per heavy atom. The Morgan fingerprint density at radius 1 is 0.900 bits per heavy atom. The van der Waals surface area contributed by atoms with Crippen molar-refractivity contribution >= 4 is 49.4 Å². The lowest BCUT2D eigenvalue weighted by Crippen LogP contribution is -2.07. The fraction of sp³-hybridized carbons (Fsp3) is 0.174. The molecule has 2 aromatic heterocycles. The molecule has 0 spiro atoms. The summed E-state index contributed by atoms with van der Waals surface area (Å²) in [6.45, 7) is 2.74. The summed E-state index contributed by atoms with van der Waals surface area (Å²) in [5, 5.41) is 3.16. The monoisotopic (exact) mass is 406 g/mol. The van der Waals surface area contributed by atoms with Crippen LogP contribution in [0.5, 0.6) is 5.75 Å². The molecule has 0 saturated carbocycles. The van der Waals surface area contributed by atoms with Gasteiger partial charge in [0.05, 0.1) is 23.5 Å². The zero-order chi connectivity index (χ0) is 20.8. The Kier molecular flexibility index (Phi) is 4.31. The Morgan fingerprint density at radius 2 is 1.47 bits per heavy atom. The largest absolute Gasteiger partial charge is 0.489 e. The molecule has 4 N–H and O–H groups in total. The van der Waals surface area contributed by atoms with Crippen molar-refractivity contribution in [2.24, 2.45) is 10.7 Å². The number of ether oxygens (including phenoxy) is 1. The van der Waals surface area contributed by atoms with Crippen LogP contribution in [0.4, 0.5) is 8.78 Å². The average molecular weight is 406 g/mol. The third-order valence-electron chi connectivity index (χ3n) is 5.25. The Balaban J connectivity index is 1.73. The van der Waals surface area contributed by atoms with Crippen molar-refractivity contribution in [3.05, 3.63) is 54.1 Å². The number of H-pyrrole nitrogens is 2. The van der Waals surface area contributed by atoms with Crippen molar-refractivity contribution in [1.82, 2.24) is 9.97 Å². The zero-order valence-electron chi connectivity index (χ0n) is 16.4. The second-order valence-electron chi connectivity index (χ2n) is 7.41. The SMILES string of the molecule is CC(N)=NCCCOc1c2[nH]c3ccc(F)cc3c2cc2c1[nH]c1ccc(F)cc12. The first-order valence-corrected chi connectivity index (χ1v) is 9.75. The molecule has 2 heterocycles. The molecule has 7 heteroatoms. The van der Waals surface area contributed by atoms with Crippen LogP contribution < -0.4 is 10.5 Å². The molecule has 5 nitrogen and oxygen atoms in total. The lowest BCUT2D eigenvalue weighted by molar-refractivity contribution is 0.320. The predicted octanol–water partition coefficient (Wildman–Crippen LogP) is 5.38. The van der Waals surface area contributed by atoms with E-state index in [1.807, 2.05) is 6.07 Å². The molecule has 3 aromatic carbocycles. The number of nitrogens with one attached hydrogen (secondary N) is 2. The number of nitrogens with two attached hydrogens (primary N) is 1. The summed E-state index contributed by atoms with van der Waals surface area (Å²) in [6.07, 6.45) is 0.691. The molecule has 0 saturated heterocycles. The summed E-state index contributed by atoms with van der Waals surface area (Å²) in [4.78, 5) is 10.9. The highest BCUT2D eigenvalue weighted by atomic mass is 19.1. The van der Waals surface area contributed by atoms with E-state index in [0.29, 0.717) is 31.2 Å². The molecular weight excluding hydrogens is 386 g/mol. The minimum Gasteiger partial charge on any atom is -0.489 e. The Bertz CT molecular complexity index is 1350. The first-order valence-electron chi connectivity index (χ1n) is 9.75. The van der Waals surface area contributed by atoms with Crippen molar-refractivity contribution in [2.75, 3.05) is 13.2 Å². The van der Waals surface area contributed by atoms with E-state index in [9.17, 15) is 8.78 Å². The number of nitrogens with zero attached hydrogens (tertiary/aromatic N) is 1. The van der Waals surface area contributed by atoms with Crippen LogP contribution in [-0.4, -0.2) is 29.0 Å². The summed E-state index contributed by atoms with van der Waals surface area (Å²) in [6, 6.07) is 11.2. The second-order valence-corrected chi connectivity index (χ2v) is 7.41. The van der Waals surface area contributed by atoms with Crippen LogP contribution in [0, 0.1) is 11.6 Å². The molecule has 0 aliphatic carbocycles. The van der Waals surface area contributed by atoms with Gasteiger partial charge in [-0.1, -0.05) is 0 Å². The van der Waals surface area contributed by atoms with Gasteiger partial charge in [0.15, 0.2) is 5.75 Å². The molecule has 0 amide bonds. The molecule has 30 heavy (non-hydrogen) atoms. The van der Waals surface area contributed by atoms with Gasteiger partial charge in [0.2, 0.25) is 0 Å². The molecule has 0 radical (unpaired) electrons. The van der Waals surface area contributed by atoms with E-state index < -0.39 is 0 Å². The number of benzene rings is 3. The summed E-state index contributed by atoms with van der Waals surface area (Å²) in [7, 11) is 0. The maximum atomic E-state index is 13.9. The van der Waals surface area contributed by atoms with Gasteiger partial charge in [-0.25, -0.2) is 8.78 Å². The van der Waals surface area contributed by atoms with Gasteiger partial charge in [-0.05, 0) is 49.4 Å². The maximum absolute atomic E-state index is 13.9. The minimum atomic E-state index is -0.314. The number of aromatic amines is 2. The smallest absolute Gasteiger partial charge is 0.167 e. The fourth-order valence-electron chi connectivity index (χ4n) is 3.94. The van der Waals surface area contributed by atoms with E-state index in [0.717, 1.165) is 43.6 Å². The van der Waals surface area contributed by atoms with Crippen molar-refractivity contribution in [3.8, 4) is 5.75 Å². The van der Waals surface area contributed by atoms with E-state index in [1.165, 1.54) is 24.3 Å². The normalized spacial score (nSPS) is 12.6. The Hall–Kier alpha value is -3.61. The second kappa shape index (κ2) is 7.02. The molecule has 0 fully saturated rings. The standard InChI is InChI=1S/C23H20F2N4O/c1-12(26)27-7-2-8-30-23-21-17(15-9-13(24)3-5-19(15)28-21)11-18-16-10-14(25)4-6-20(16)29-22(18)23/h3-6,9-11,28-29H,2,7-8H2,1H3,(H2,26,27). The summed E-state index contributed by atoms with van der Waals surface area (Å²) in [5.41, 5.74) is 8.74. The number of hydrogen-bond acceptors (Lipinski definition) is 2. The molecule has 0 unspecified atom stereocenters. The van der Waals surface area contributed by atoms with E-state index in [-0.39, 0.29) is 11.6 Å². The molecular formula is C23H20F2N4O. The first kappa shape index (κ1) is 18.4. The number of aromatic nitrogens is 2. The number of fused-ring (bicyclic) bond motifs is 6. The molecule has 5 rings (SSSR count). The van der Waals surface area contributed by atoms with Crippen LogP contribution in [0.2, 0.25) is 0 Å². The summed E-state index contributed by atoms with van der Waals surface area (Å²) >= 11 is 0. The predicted molar refractivity (Wildman–Crippen MR) is 117 cm³/mol. The topological polar surface area (TPSA) is 79.2 Å². The van der Waals surface area contributed by atoms with Gasteiger partial charge >= 0.3 is 0 Å². The van der Waals surface area contributed by atoms with E-state index in [2.05, 4.69) is 15.0 Å². The van der Waals surface area contributed by atoms with Crippen LogP contribution >= 0.6 is 0 Å². The van der Waals surface area contributed by atoms with Gasteiger partial charge in [-0.15, -0.1) is 0 Å². The maximum Gasteiger partial charge on any atom is 0.167 e. The van der Waals surface area contributed by atoms with Crippen LogP contribution in [0.1, 0.15) is 13.3 Å². The molecule has 0 atom stereocenters. The van der Waals surface area contributed by atoms with Crippen LogP contribution in [-0.2, 0) is 0 Å². The number of amidine groups is 1. The van der Waals surface area contributed by atoms with Gasteiger partial charge in [0.25, 0.3) is 0 Å². The van der Waals surface area contributed by atoms with Gasteiger partial charge in [-0.2, -0.15) is 0 Å². The number of halogens is 2. The highest BCUT2D eigenvalue weighted by molar-refractivity contribution is 6.20. The molecule has 0 bridgehead atoms. The lowest BCUT2D eigenvalue weighted by atomic mass is 10.1. The lowest BCUT2D eigenvalue weighted by Gasteiger charge is -2.09. The fourth-order valence-corrected chi connectivity index (χ4v) is 3.94. The highest BCUT2D eigenvalue weighted by Gasteiger charge is 2.18. The van der Waals surface area contributed by atoms with E-state index in [4.69, 9.17) is 10.5 Å². The number of rotatable bonds is 5. The Labute approximate surface area is 170 Å². The summed E-state index contributed by atoms with van der Waals surface area (Å²) in [5.74, 6) is 0.538. The summed E-state index contributed by atoms with van der Waals surface area (Å²) < 4.78 is 34.0. The average Bonchev–Trinajstić information content (AvgIpc) is 3.25. The number of hydrogen-bond donors (Lipinski definition) is 3. The third kappa shape index (κ3) is 3.03. The van der Waals surface area contributed by atoms with Gasteiger partial charge in [0, 0.05) is 45.5 Å². The van der Waals surface area contributed by atoms with Crippen LogP contribution in [0.3, 0.4) is 0 Å². The van der Waals surface area contributed by atoms with Crippen LogP contribution in [0.15, 0.2) is 47.5 Å². The molecule has 5 aromatic rings.